The maximum absolute atomic E-state index is 13.8. The number of fused-ring (bicyclic) bond motifs is 1. The lowest BCUT2D eigenvalue weighted by Crippen LogP contribution is -2.60. The molecule has 1 amide bonds. The highest BCUT2D eigenvalue weighted by Gasteiger charge is 2.52. The number of likely N-dealkylation sites (tertiary alicyclic amines) is 1. The van der Waals surface area contributed by atoms with Gasteiger partial charge in [0, 0.05) is 25.7 Å². The van der Waals surface area contributed by atoms with Gasteiger partial charge in [0.1, 0.15) is 5.60 Å². The molecule has 0 spiro atoms. The van der Waals surface area contributed by atoms with E-state index in [1.54, 1.807) is 6.07 Å². The lowest BCUT2D eigenvalue weighted by molar-refractivity contribution is -0.160. The summed E-state index contributed by atoms with van der Waals surface area (Å²) in [7, 11) is 0. The van der Waals surface area contributed by atoms with Crippen LogP contribution in [-0.2, 0) is 17.5 Å². The van der Waals surface area contributed by atoms with Crippen molar-refractivity contribution < 1.29 is 23.1 Å². The summed E-state index contributed by atoms with van der Waals surface area (Å²) < 4.78 is 39.4. The first-order valence-corrected chi connectivity index (χ1v) is 14.2. The number of carbonyl (C=O) groups is 1. The second-order valence-electron chi connectivity index (χ2n) is 12.0. The molecule has 0 unspecified atom stereocenters. The zero-order valence-corrected chi connectivity index (χ0v) is 21.2. The van der Waals surface area contributed by atoms with Crippen LogP contribution in [0.3, 0.4) is 0 Å². The molecule has 0 bridgehead atoms. The molecule has 36 heavy (non-hydrogen) atoms. The Kier molecular flexibility index (Phi) is 7.69. The molecule has 1 aromatic carbocycles. The number of nitrogens with zero attached hydrogens (tertiary/aromatic N) is 1. The van der Waals surface area contributed by atoms with E-state index in [2.05, 4.69) is 10.2 Å². The van der Waals surface area contributed by atoms with Gasteiger partial charge in [0.05, 0.1) is 5.56 Å². The van der Waals surface area contributed by atoms with Gasteiger partial charge in [-0.05, 0) is 73.8 Å². The summed E-state index contributed by atoms with van der Waals surface area (Å²) in [5, 5.41) is 15.4. The van der Waals surface area contributed by atoms with Gasteiger partial charge in [0.15, 0.2) is 0 Å². The van der Waals surface area contributed by atoms with Crippen molar-refractivity contribution in [1.82, 2.24) is 10.2 Å². The van der Waals surface area contributed by atoms with Gasteiger partial charge in [-0.3, -0.25) is 9.69 Å². The molecule has 200 valence electrons. The van der Waals surface area contributed by atoms with Crippen LogP contribution in [0, 0.1) is 23.7 Å². The number of rotatable bonds is 6. The quantitative estimate of drug-likeness (QED) is 0.503. The first-order valence-electron chi connectivity index (χ1n) is 14.2. The van der Waals surface area contributed by atoms with Crippen molar-refractivity contribution in [3.8, 4) is 0 Å². The Balaban J connectivity index is 1.25. The van der Waals surface area contributed by atoms with E-state index < -0.39 is 17.3 Å². The van der Waals surface area contributed by atoms with E-state index >= 15 is 0 Å². The third-order valence-corrected chi connectivity index (χ3v) is 9.73. The molecule has 3 atom stereocenters. The lowest BCUT2D eigenvalue weighted by Gasteiger charge is -2.44. The zero-order chi connectivity index (χ0) is 25.3. The van der Waals surface area contributed by atoms with Gasteiger partial charge in [-0.15, -0.1) is 0 Å². The van der Waals surface area contributed by atoms with Crippen molar-refractivity contribution >= 4 is 5.91 Å². The molecule has 2 N–H and O–H groups in total. The highest BCUT2D eigenvalue weighted by Crippen LogP contribution is 2.44. The highest BCUT2D eigenvalue weighted by molar-refractivity contribution is 5.86. The summed E-state index contributed by atoms with van der Waals surface area (Å²) in [6.45, 7) is 2.12. The van der Waals surface area contributed by atoms with Gasteiger partial charge in [-0.2, -0.15) is 13.2 Å². The van der Waals surface area contributed by atoms with Crippen molar-refractivity contribution in [2.75, 3.05) is 13.1 Å². The van der Waals surface area contributed by atoms with Gasteiger partial charge in [-0.25, -0.2) is 0 Å². The fraction of sp³-hybridized carbons (Fsp3) is 0.759. The first-order chi connectivity index (χ1) is 17.2. The topological polar surface area (TPSA) is 52.6 Å². The number of carbonyl (C=O) groups excluding carboxylic acids is 1. The van der Waals surface area contributed by atoms with Crippen LogP contribution >= 0.6 is 0 Å². The monoisotopic (exact) mass is 506 g/mol. The van der Waals surface area contributed by atoms with Gasteiger partial charge >= 0.3 is 6.18 Å². The Labute approximate surface area is 213 Å². The number of nitrogens with one attached hydrogen (secondary N) is 1. The van der Waals surface area contributed by atoms with E-state index in [0.717, 1.165) is 83.4 Å². The van der Waals surface area contributed by atoms with Gasteiger partial charge in [0.2, 0.25) is 0 Å². The molecule has 7 heteroatoms. The van der Waals surface area contributed by atoms with Crippen molar-refractivity contribution in [2.45, 2.75) is 101 Å². The molecule has 0 radical (unpaired) electrons. The average molecular weight is 507 g/mol. The number of hydrogen-bond acceptors (Lipinski definition) is 3. The molecule has 4 fully saturated rings. The second kappa shape index (κ2) is 10.6. The number of halogens is 3. The van der Waals surface area contributed by atoms with Gasteiger partial charge < -0.3 is 10.4 Å². The largest absolute Gasteiger partial charge is 0.416 e. The predicted octanol–water partition coefficient (Wildman–Crippen LogP) is 5.92. The smallest absolute Gasteiger partial charge is 0.379 e. The Bertz CT molecular complexity index is 890. The molecule has 1 aliphatic heterocycles. The fourth-order valence-corrected chi connectivity index (χ4v) is 7.84. The van der Waals surface area contributed by atoms with Gasteiger partial charge in [-0.1, -0.05) is 56.7 Å². The number of benzene rings is 1. The fourth-order valence-electron chi connectivity index (χ4n) is 7.84. The summed E-state index contributed by atoms with van der Waals surface area (Å²) >= 11 is 0. The molecule has 1 heterocycles. The lowest BCUT2D eigenvalue weighted by atomic mass is 9.65. The molecule has 1 saturated heterocycles. The minimum absolute atomic E-state index is 0.0349. The molecule has 5 rings (SSSR count). The number of alkyl halides is 3. The van der Waals surface area contributed by atoms with Gasteiger partial charge in [0.25, 0.3) is 5.91 Å². The van der Waals surface area contributed by atoms with E-state index in [-0.39, 0.29) is 23.8 Å². The van der Waals surface area contributed by atoms with E-state index in [4.69, 9.17) is 0 Å². The maximum Gasteiger partial charge on any atom is 0.416 e. The Morgan fingerprint density at radius 1 is 0.917 bits per heavy atom. The molecule has 4 nitrogen and oxygen atoms in total. The predicted molar refractivity (Wildman–Crippen MR) is 133 cm³/mol. The Hall–Kier alpha value is -1.60. The third kappa shape index (κ3) is 5.33. The van der Waals surface area contributed by atoms with E-state index in [1.165, 1.54) is 25.0 Å². The van der Waals surface area contributed by atoms with Crippen LogP contribution in [0.25, 0.3) is 0 Å². The summed E-state index contributed by atoms with van der Waals surface area (Å²) in [6, 6.07) is 5.65. The molecule has 1 aromatic rings. The van der Waals surface area contributed by atoms with Crippen molar-refractivity contribution in [3.63, 3.8) is 0 Å². The van der Waals surface area contributed by atoms with Crippen LogP contribution in [0.1, 0.15) is 88.2 Å². The summed E-state index contributed by atoms with van der Waals surface area (Å²) in [6.07, 6.45) is 8.06. The molecular formula is C29H41F3N2O2. The summed E-state index contributed by atoms with van der Waals surface area (Å²) in [5.41, 5.74) is -1.20. The molecular weight excluding hydrogens is 465 g/mol. The van der Waals surface area contributed by atoms with Crippen LogP contribution in [0.5, 0.6) is 0 Å². The third-order valence-electron chi connectivity index (χ3n) is 9.73. The number of hydrogen-bond donors (Lipinski definition) is 2. The second-order valence-corrected chi connectivity index (χ2v) is 12.0. The van der Waals surface area contributed by atoms with Crippen LogP contribution in [0.15, 0.2) is 24.3 Å². The summed E-state index contributed by atoms with van der Waals surface area (Å²) in [5.74, 6) is 0.684. The highest BCUT2D eigenvalue weighted by atomic mass is 19.4. The maximum atomic E-state index is 13.8. The molecule has 3 saturated carbocycles. The summed E-state index contributed by atoms with van der Waals surface area (Å²) in [4.78, 5) is 16.1. The van der Waals surface area contributed by atoms with Crippen molar-refractivity contribution in [3.05, 3.63) is 35.4 Å². The molecule has 0 aromatic heterocycles. The number of aliphatic hydroxyl groups is 1. The SMILES string of the molecule is O=C(N[C@H]1CC[C@H]2CN(Cc3cccc(C(F)(F)F)c3)C[C@H]21)C(O)(C1CCCCC1)C1CCCCC1. The van der Waals surface area contributed by atoms with Crippen molar-refractivity contribution in [2.24, 2.45) is 23.7 Å². The van der Waals surface area contributed by atoms with Crippen LogP contribution in [-0.4, -0.2) is 40.6 Å². The van der Waals surface area contributed by atoms with E-state index in [1.807, 2.05) is 0 Å². The standard InChI is InChI=1S/C29H41F3N2O2/c30-29(31,32)24-13-7-8-20(16-24)17-34-18-21-14-15-26(25(21)19-34)33-27(35)28(36,22-9-3-1-4-10-22)23-11-5-2-6-12-23/h7-8,13,16,21-23,25-26,36H,1-6,9-12,14-15,17-19H2,(H,33,35)/t21-,25+,26-/m0/s1. The number of amides is 1. The normalized spacial score (nSPS) is 28.8. The van der Waals surface area contributed by atoms with Crippen LogP contribution in [0.4, 0.5) is 13.2 Å². The molecule has 4 aliphatic rings. The minimum Gasteiger partial charge on any atom is -0.379 e. The van der Waals surface area contributed by atoms with Crippen LogP contribution < -0.4 is 5.32 Å². The van der Waals surface area contributed by atoms with Crippen molar-refractivity contribution in [1.29, 1.82) is 0 Å². The van der Waals surface area contributed by atoms with E-state index in [0.29, 0.717) is 23.9 Å². The Morgan fingerprint density at radius 3 is 2.17 bits per heavy atom. The first kappa shape index (κ1) is 26.0. The minimum atomic E-state index is -4.33. The van der Waals surface area contributed by atoms with E-state index in [9.17, 15) is 23.1 Å². The Morgan fingerprint density at radius 2 is 1.56 bits per heavy atom. The zero-order valence-electron chi connectivity index (χ0n) is 21.2. The average Bonchev–Trinajstić information content (AvgIpc) is 3.45. The van der Waals surface area contributed by atoms with Crippen LogP contribution in [0.2, 0.25) is 0 Å². The molecule has 3 aliphatic carbocycles.